The van der Waals surface area contributed by atoms with Crippen molar-refractivity contribution in [3.63, 3.8) is 0 Å². The Morgan fingerprint density at radius 3 is 2.48 bits per heavy atom. The summed E-state index contributed by atoms with van der Waals surface area (Å²) >= 11 is 0. The van der Waals surface area contributed by atoms with Crippen molar-refractivity contribution in [3.05, 3.63) is 60.9 Å². The molecule has 0 aliphatic heterocycles. The molecular formula is C21H22F4N2O4. The van der Waals surface area contributed by atoms with Crippen LogP contribution in [0.5, 0.6) is 17.2 Å². The van der Waals surface area contributed by atoms with Crippen molar-refractivity contribution >= 4 is 5.91 Å². The third kappa shape index (κ3) is 8.53. The summed E-state index contributed by atoms with van der Waals surface area (Å²) in [7, 11) is 0. The van der Waals surface area contributed by atoms with Crippen LogP contribution in [0.2, 0.25) is 0 Å². The van der Waals surface area contributed by atoms with E-state index in [1.165, 1.54) is 42.6 Å². The number of halogens is 4. The number of benzene rings is 1. The zero-order valence-electron chi connectivity index (χ0n) is 16.9. The van der Waals surface area contributed by atoms with Gasteiger partial charge >= 0.3 is 6.11 Å². The topological polar surface area (TPSA) is 69.7 Å². The molecule has 0 aliphatic rings. The summed E-state index contributed by atoms with van der Waals surface area (Å²) in [5.74, 6) is -3.26. The summed E-state index contributed by atoms with van der Waals surface area (Å²) in [6.07, 6.45) is -1.89. The highest BCUT2D eigenvalue weighted by molar-refractivity contribution is 5.77. The highest BCUT2D eigenvalue weighted by Gasteiger charge is 2.26. The molecule has 0 fully saturated rings. The maximum atomic E-state index is 13.2. The van der Waals surface area contributed by atoms with Crippen LogP contribution in [0.4, 0.5) is 17.6 Å². The van der Waals surface area contributed by atoms with Crippen molar-refractivity contribution in [2.24, 2.45) is 0 Å². The number of rotatable bonds is 11. The number of ether oxygens (including phenoxy) is 3. The van der Waals surface area contributed by atoms with Gasteiger partial charge in [0.25, 0.3) is 11.8 Å². The van der Waals surface area contributed by atoms with Gasteiger partial charge in [0.05, 0.1) is 17.9 Å². The van der Waals surface area contributed by atoms with Gasteiger partial charge in [-0.1, -0.05) is 12.6 Å². The molecule has 2 rings (SSSR count). The Hall–Kier alpha value is -3.30. The van der Waals surface area contributed by atoms with Crippen LogP contribution < -0.4 is 19.5 Å². The molecule has 2 aromatic rings. The second kappa shape index (κ2) is 10.1. The fourth-order valence-corrected chi connectivity index (χ4v) is 2.28. The van der Waals surface area contributed by atoms with Crippen LogP contribution in [0, 0.1) is 0 Å². The van der Waals surface area contributed by atoms with Crippen molar-refractivity contribution < 1.29 is 36.6 Å². The van der Waals surface area contributed by atoms with E-state index in [-0.39, 0.29) is 23.9 Å². The number of nitrogens with zero attached hydrogens (tertiary/aromatic N) is 1. The highest BCUT2D eigenvalue weighted by atomic mass is 19.3. The fourth-order valence-electron chi connectivity index (χ4n) is 2.28. The van der Waals surface area contributed by atoms with E-state index in [4.69, 9.17) is 9.47 Å². The average molecular weight is 442 g/mol. The number of hydrogen-bond acceptors (Lipinski definition) is 5. The summed E-state index contributed by atoms with van der Waals surface area (Å²) < 4.78 is 66.8. The van der Waals surface area contributed by atoms with Crippen LogP contribution in [-0.2, 0) is 4.79 Å². The lowest BCUT2D eigenvalue weighted by Gasteiger charge is -2.16. The van der Waals surface area contributed by atoms with E-state index >= 15 is 0 Å². The van der Waals surface area contributed by atoms with Gasteiger partial charge in [0.2, 0.25) is 0 Å². The van der Waals surface area contributed by atoms with E-state index in [9.17, 15) is 22.4 Å². The summed E-state index contributed by atoms with van der Waals surface area (Å²) in [5, 5.41) is 2.65. The minimum atomic E-state index is -3.53. The Labute approximate surface area is 176 Å². The zero-order valence-corrected chi connectivity index (χ0v) is 16.9. The molecule has 0 unspecified atom stereocenters. The van der Waals surface area contributed by atoms with Gasteiger partial charge < -0.3 is 19.5 Å². The van der Waals surface area contributed by atoms with Gasteiger partial charge in [0, 0.05) is 19.1 Å². The summed E-state index contributed by atoms with van der Waals surface area (Å²) in [4.78, 5) is 16.2. The largest absolute Gasteiger partial charge is 0.486 e. The van der Waals surface area contributed by atoms with E-state index in [2.05, 4.69) is 21.6 Å². The molecule has 10 heteroatoms. The fraction of sp³-hybridized carbons (Fsp3) is 0.333. The lowest BCUT2D eigenvalue weighted by atomic mass is 10.2. The van der Waals surface area contributed by atoms with E-state index < -0.39 is 30.6 Å². The number of amides is 1. The molecule has 6 nitrogen and oxygen atoms in total. The first-order chi connectivity index (χ1) is 14.5. The van der Waals surface area contributed by atoms with Crippen molar-refractivity contribution in [2.45, 2.75) is 31.9 Å². The molecule has 1 N–H and O–H groups in total. The molecule has 1 aromatic heterocycles. The van der Waals surface area contributed by atoms with E-state index in [1.54, 1.807) is 6.92 Å². The Morgan fingerprint density at radius 1 is 1.16 bits per heavy atom. The van der Waals surface area contributed by atoms with E-state index in [0.29, 0.717) is 11.8 Å². The molecule has 0 spiro atoms. The first-order valence-corrected chi connectivity index (χ1v) is 9.17. The molecule has 0 saturated heterocycles. The molecule has 1 amide bonds. The van der Waals surface area contributed by atoms with Crippen LogP contribution in [-0.4, -0.2) is 36.1 Å². The first kappa shape index (κ1) is 24.0. The van der Waals surface area contributed by atoms with Crippen LogP contribution >= 0.6 is 0 Å². The van der Waals surface area contributed by atoms with Crippen molar-refractivity contribution in [1.29, 1.82) is 0 Å². The van der Waals surface area contributed by atoms with Gasteiger partial charge in [-0.15, -0.1) is 0 Å². The average Bonchev–Trinajstić information content (AvgIpc) is 2.70. The molecule has 1 atom stereocenters. The monoisotopic (exact) mass is 442 g/mol. The number of hydrogen-bond donors (Lipinski definition) is 1. The minimum Gasteiger partial charge on any atom is -0.486 e. The molecule has 1 aromatic carbocycles. The molecule has 0 radical (unpaired) electrons. The number of pyridine rings is 1. The molecule has 1 heterocycles. The standard InChI is InChI=1S/C21H22F4N2O4/c1-4-21(24,25)31-16-7-5-6-15(10-16)29-12-19(28)27-14(2)18-9-8-17(11-26-18)30-13-20(3,22)23/h4-11,14H,1,12-13H2,2-3H3,(H,27,28)/t14-/m1/s1. The Morgan fingerprint density at radius 2 is 1.87 bits per heavy atom. The second-order valence-corrected chi connectivity index (χ2v) is 6.70. The normalized spacial score (nSPS) is 12.6. The minimum absolute atomic E-state index is 0.150. The molecule has 0 aliphatic carbocycles. The summed E-state index contributed by atoms with van der Waals surface area (Å²) in [6, 6.07) is 7.95. The quantitative estimate of drug-likeness (QED) is 0.409. The maximum Gasteiger partial charge on any atom is 0.419 e. The van der Waals surface area contributed by atoms with Gasteiger partial charge in [-0.05, 0) is 31.2 Å². The summed E-state index contributed by atoms with van der Waals surface area (Å²) in [6.45, 7) is 4.26. The van der Waals surface area contributed by atoms with Crippen molar-refractivity contribution in [3.8, 4) is 17.2 Å². The van der Waals surface area contributed by atoms with Crippen LogP contribution in [0.3, 0.4) is 0 Å². The van der Waals surface area contributed by atoms with Crippen LogP contribution in [0.15, 0.2) is 55.3 Å². The van der Waals surface area contributed by atoms with Gasteiger partial charge in [-0.2, -0.15) is 8.78 Å². The van der Waals surface area contributed by atoms with Gasteiger partial charge in [-0.3, -0.25) is 9.78 Å². The smallest absolute Gasteiger partial charge is 0.419 e. The van der Waals surface area contributed by atoms with Gasteiger partial charge in [0.1, 0.15) is 17.2 Å². The van der Waals surface area contributed by atoms with Crippen molar-refractivity contribution in [2.75, 3.05) is 13.2 Å². The number of carbonyl (C=O) groups is 1. The number of carbonyl (C=O) groups excluding carboxylic acids is 1. The first-order valence-electron chi connectivity index (χ1n) is 9.17. The maximum absolute atomic E-state index is 13.2. The number of aromatic nitrogens is 1. The van der Waals surface area contributed by atoms with E-state index in [1.807, 2.05) is 0 Å². The lowest BCUT2D eigenvalue weighted by molar-refractivity contribution is -0.131. The molecule has 0 bridgehead atoms. The Kier molecular flexibility index (Phi) is 7.84. The third-order valence-corrected chi connectivity index (χ3v) is 3.74. The van der Waals surface area contributed by atoms with Gasteiger partial charge in [0.15, 0.2) is 13.2 Å². The number of alkyl halides is 4. The molecule has 0 saturated carbocycles. The second-order valence-electron chi connectivity index (χ2n) is 6.70. The highest BCUT2D eigenvalue weighted by Crippen LogP contribution is 2.26. The SMILES string of the molecule is C=CC(F)(F)Oc1cccc(OCC(=O)N[C@H](C)c2ccc(OCC(C)(F)F)cn2)c1. The molecule has 168 valence electrons. The Bertz CT molecular complexity index is 886. The third-order valence-electron chi connectivity index (χ3n) is 3.74. The van der Waals surface area contributed by atoms with Crippen LogP contribution in [0.1, 0.15) is 25.6 Å². The van der Waals surface area contributed by atoms with Crippen molar-refractivity contribution in [1.82, 2.24) is 10.3 Å². The molecular weight excluding hydrogens is 420 g/mol. The Balaban J connectivity index is 1.85. The van der Waals surface area contributed by atoms with Gasteiger partial charge in [-0.25, -0.2) is 8.78 Å². The molecule has 31 heavy (non-hydrogen) atoms. The lowest BCUT2D eigenvalue weighted by Crippen LogP contribution is -2.31. The van der Waals surface area contributed by atoms with E-state index in [0.717, 1.165) is 6.92 Å². The van der Waals surface area contributed by atoms with Crippen LogP contribution in [0.25, 0.3) is 0 Å². The predicted octanol–water partition coefficient (Wildman–Crippen LogP) is 4.53. The zero-order chi connectivity index (χ0) is 23.1. The predicted molar refractivity (Wildman–Crippen MR) is 105 cm³/mol. The summed E-state index contributed by atoms with van der Waals surface area (Å²) in [5.41, 5.74) is 0.478. The number of nitrogens with one attached hydrogen (secondary N) is 1.